The van der Waals surface area contributed by atoms with Gasteiger partial charge in [0.25, 0.3) is 5.22 Å². The van der Waals surface area contributed by atoms with Crippen molar-refractivity contribution >= 4 is 23.2 Å². The third-order valence-electron chi connectivity index (χ3n) is 2.11. The van der Waals surface area contributed by atoms with Crippen molar-refractivity contribution in [1.82, 2.24) is 10.2 Å². The molecule has 0 saturated heterocycles. The highest BCUT2D eigenvalue weighted by Gasteiger charge is 2.09. The van der Waals surface area contributed by atoms with Crippen LogP contribution in [0.1, 0.15) is 23.2 Å². The molecule has 6 heteroatoms. The molecule has 0 spiro atoms. The number of nitrogen functional groups attached to an aromatic ring is 1. The molecule has 2 N–H and O–H groups in total. The fraction of sp³-hybridized carbons (Fsp3) is 0.182. The van der Waals surface area contributed by atoms with Crippen molar-refractivity contribution in [2.45, 2.75) is 24.0 Å². The Kier molecular flexibility index (Phi) is 3.14. The van der Waals surface area contributed by atoms with Crippen LogP contribution in [-0.2, 0) is 0 Å². The van der Waals surface area contributed by atoms with Crippen molar-refractivity contribution in [3.05, 3.63) is 29.7 Å². The second kappa shape index (κ2) is 4.58. The van der Waals surface area contributed by atoms with E-state index in [4.69, 9.17) is 10.2 Å². The summed E-state index contributed by atoms with van der Waals surface area (Å²) in [4.78, 5) is 12.1. The molecule has 0 radical (unpaired) electrons. The van der Waals surface area contributed by atoms with Gasteiger partial charge in [-0.25, -0.2) is 0 Å². The van der Waals surface area contributed by atoms with Crippen molar-refractivity contribution < 1.29 is 9.21 Å². The average molecular weight is 249 g/mol. The Hall–Kier alpha value is -1.82. The fourth-order valence-corrected chi connectivity index (χ4v) is 2.11. The van der Waals surface area contributed by atoms with E-state index in [1.165, 1.54) is 18.7 Å². The maximum atomic E-state index is 11.2. The number of anilines is 1. The van der Waals surface area contributed by atoms with Crippen LogP contribution in [0.25, 0.3) is 0 Å². The number of hydrogen-bond acceptors (Lipinski definition) is 6. The first-order chi connectivity index (χ1) is 8.06. The maximum absolute atomic E-state index is 11.2. The highest BCUT2D eigenvalue weighted by molar-refractivity contribution is 7.99. The van der Waals surface area contributed by atoms with Gasteiger partial charge in [0.05, 0.1) is 0 Å². The van der Waals surface area contributed by atoms with Crippen LogP contribution in [0.5, 0.6) is 0 Å². The molecule has 0 saturated carbocycles. The molecule has 17 heavy (non-hydrogen) atoms. The predicted molar refractivity (Wildman–Crippen MR) is 64.0 cm³/mol. The van der Waals surface area contributed by atoms with E-state index in [-0.39, 0.29) is 5.78 Å². The Balaban J connectivity index is 2.23. The number of ketones is 1. The lowest BCUT2D eigenvalue weighted by Crippen LogP contribution is -1.99. The number of rotatable bonds is 3. The molecule has 0 aliphatic rings. The van der Waals surface area contributed by atoms with Gasteiger partial charge in [-0.05, 0) is 36.9 Å². The molecule has 1 heterocycles. The molecule has 0 bridgehead atoms. The molecule has 0 aliphatic heterocycles. The van der Waals surface area contributed by atoms with Crippen LogP contribution < -0.4 is 5.73 Å². The number of nitrogens with zero attached hydrogens (tertiary/aromatic N) is 2. The molecule has 1 aromatic carbocycles. The van der Waals surface area contributed by atoms with E-state index in [0.717, 1.165) is 4.90 Å². The lowest BCUT2D eigenvalue weighted by atomic mass is 10.1. The van der Waals surface area contributed by atoms with E-state index < -0.39 is 0 Å². The van der Waals surface area contributed by atoms with Gasteiger partial charge < -0.3 is 10.2 Å². The highest BCUT2D eigenvalue weighted by atomic mass is 32.2. The SMILES string of the molecule is CC(=O)c1ccc(Sc2nnc(C)o2)cc1N. The molecule has 2 aromatic rings. The second-order valence-electron chi connectivity index (χ2n) is 3.49. The molecule has 88 valence electrons. The summed E-state index contributed by atoms with van der Waals surface area (Å²) in [5, 5.41) is 8.05. The maximum Gasteiger partial charge on any atom is 0.281 e. The van der Waals surface area contributed by atoms with Crippen molar-refractivity contribution in [2.75, 3.05) is 5.73 Å². The van der Waals surface area contributed by atoms with E-state index in [2.05, 4.69) is 10.2 Å². The lowest BCUT2D eigenvalue weighted by Gasteiger charge is -2.03. The topological polar surface area (TPSA) is 82.0 Å². The zero-order valence-electron chi connectivity index (χ0n) is 9.43. The van der Waals surface area contributed by atoms with Gasteiger partial charge in [0.1, 0.15) is 0 Å². The number of carbonyl (C=O) groups excluding carboxylic acids is 1. The molecule has 0 unspecified atom stereocenters. The van der Waals surface area contributed by atoms with Crippen molar-refractivity contribution in [2.24, 2.45) is 0 Å². The highest BCUT2D eigenvalue weighted by Crippen LogP contribution is 2.29. The van der Waals surface area contributed by atoms with Crippen LogP contribution in [-0.4, -0.2) is 16.0 Å². The minimum atomic E-state index is -0.0484. The molecule has 0 aliphatic carbocycles. The van der Waals surface area contributed by atoms with Gasteiger partial charge in [-0.2, -0.15) is 0 Å². The third kappa shape index (κ3) is 2.65. The quantitative estimate of drug-likeness (QED) is 0.664. The molecule has 5 nitrogen and oxygen atoms in total. The van der Waals surface area contributed by atoms with Crippen LogP contribution >= 0.6 is 11.8 Å². The van der Waals surface area contributed by atoms with E-state index in [9.17, 15) is 4.79 Å². The van der Waals surface area contributed by atoms with Gasteiger partial charge in [0, 0.05) is 23.1 Å². The molecule has 0 amide bonds. The Morgan fingerprint density at radius 1 is 1.41 bits per heavy atom. The van der Waals surface area contributed by atoms with Gasteiger partial charge in [-0.3, -0.25) is 4.79 Å². The van der Waals surface area contributed by atoms with E-state index in [0.29, 0.717) is 22.4 Å². The Morgan fingerprint density at radius 3 is 2.71 bits per heavy atom. The van der Waals surface area contributed by atoms with Crippen molar-refractivity contribution in [3.8, 4) is 0 Å². The summed E-state index contributed by atoms with van der Waals surface area (Å²) in [6, 6.07) is 5.22. The summed E-state index contributed by atoms with van der Waals surface area (Å²) in [5.41, 5.74) is 6.76. The van der Waals surface area contributed by atoms with Gasteiger partial charge in [0.2, 0.25) is 5.89 Å². The largest absolute Gasteiger partial charge is 0.416 e. The van der Waals surface area contributed by atoms with Crippen LogP contribution in [0, 0.1) is 6.92 Å². The van der Waals surface area contributed by atoms with Crippen molar-refractivity contribution in [3.63, 3.8) is 0 Å². The number of aryl methyl sites for hydroxylation is 1. The predicted octanol–water partition coefficient (Wildman–Crippen LogP) is 2.31. The number of aromatic nitrogens is 2. The van der Waals surface area contributed by atoms with Crippen LogP contribution in [0.3, 0.4) is 0 Å². The van der Waals surface area contributed by atoms with Crippen molar-refractivity contribution in [1.29, 1.82) is 0 Å². The fourth-order valence-electron chi connectivity index (χ4n) is 1.35. The van der Waals surface area contributed by atoms with Gasteiger partial charge in [0.15, 0.2) is 5.78 Å². The molecular weight excluding hydrogens is 238 g/mol. The minimum absolute atomic E-state index is 0.0484. The third-order valence-corrected chi connectivity index (χ3v) is 2.94. The van der Waals surface area contributed by atoms with Crippen LogP contribution in [0.15, 0.2) is 32.7 Å². The van der Waals surface area contributed by atoms with Gasteiger partial charge in [-0.1, -0.05) is 0 Å². The van der Waals surface area contributed by atoms with Gasteiger partial charge >= 0.3 is 0 Å². The number of nitrogens with two attached hydrogens (primary N) is 1. The monoisotopic (exact) mass is 249 g/mol. The molecule has 1 aromatic heterocycles. The Labute approximate surface area is 102 Å². The molecule has 0 atom stereocenters. The summed E-state index contributed by atoms with van der Waals surface area (Å²) in [7, 11) is 0. The van der Waals surface area contributed by atoms with E-state index >= 15 is 0 Å². The smallest absolute Gasteiger partial charge is 0.281 e. The Morgan fingerprint density at radius 2 is 2.18 bits per heavy atom. The summed E-state index contributed by atoms with van der Waals surface area (Å²) in [5.74, 6) is 0.466. The number of benzene rings is 1. The molecule has 0 fully saturated rings. The van der Waals surface area contributed by atoms with Crippen LogP contribution in [0.2, 0.25) is 0 Å². The summed E-state index contributed by atoms with van der Waals surface area (Å²) in [6.45, 7) is 3.21. The van der Waals surface area contributed by atoms with E-state index in [1.807, 2.05) is 0 Å². The second-order valence-corrected chi connectivity index (χ2v) is 4.52. The number of hydrogen-bond donors (Lipinski definition) is 1. The standard InChI is InChI=1S/C11H11N3O2S/c1-6(15)9-4-3-8(5-10(9)12)17-11-14-13-7(2)16-11/h3-5H,12H2,1-2H3. The molecule has 2 rings (SSSR count). The first kappa shape index (κ1) is 11.7. The van der Waals surface area contributed by atoms with Gasteiger partial charge in [-0.15, -0.1) is 10.2 Å². The summed E-state index contributed by atoms with van der Waals surface area (Å²) < 4.78 is 5.24. The number of Topliss-reactive ketones (excluding diaryl/α,β-unsaturated/α-hetero) is 1. The lowest BCUT2D eigenvalue weighted by molar-refractivity contribution is 0.101. The normalized spacial score (nSPS) is 10.5. The minimum Gasteiger partial charge on any atom is -0.416 e. The zero-order valence-corrected chi connectivity index (χ0v) is 10.2. The van der Waals surface area contributed by atoms with E-state index in [1.54, 1.807) is 25.1 Å². The summed E-state index contributed by atoms with van der Waals surface area (Å²) in [6.07, 6.45) is 0. The average Bonchev–Trinajstić information content (AvgIpc) is 2.63. The number of carbonyl (C=O) groups is 1. The Bertz CT molecular complexity index is 566. The van der Waals surface area contributed by atoms with Crippen LogP contribution in [0.4, 0.5) is 5.69 Å². The molecular formula is C11H11N3O2S. The first-order valence-corrected chi connectivity index (χ1v) is 5.76. The zero-order chi connectivity index (χ0) is 12.4. The summed E-state index contributed by atoms with van der Waals surface area (Å²) >= 11 is 1.31. The first-order valence-electron chi connectivity index (χ1n) is 4.94.